The third-order valence-corrected chi connectivity index (χ3v) is 6.01. The molecule has 2 rings (SSSR count). The Balaban J connectivity index is 1.88. The Hall–Kier alpha value is -0.130. The molecule has 0 radical (unpaired) electrons. The fraction of sp³-hybridized carbons (Fsp3) is 1.00. The van der Waals surface area contributed by atoms with Gasteiger partial charge >= 0.3 is 0 Å². The van der Waals surface area contributed by atoms with E-state index in [9.17, 15) is 8.42 Å². The van der Waals surface area contributed by atoms with Gasteiger partial charge in [0.2, 0.25) is 10.0 Å². The van der Waals surface area contributed by atoms with Gasteiger partial charge in [-0.2, -0.15) is 0 Å². The zero-order valence-corrected chi connectivity index (χ0v) is 11.5. The van der Waals surface area contributed by atoms with Crippen LogP contribution in [0.15, 0.2) is 0 Å². The second kappa shape index (κ2) is 5.24. The van der Waals surface area contributed by atoms with Gasteiger partial charge in [0.15, 0.2) is 0 Å². The molecule has 1 atom stereocenters. The third kappa shape index (κ3) is 3.42. The molecule has 5 heteroatoms. The molecule has 1 saturated heterocycles. The monoisotopic (exact) mass is 260 g/mol. The lowest BCUT2D eigenvalue weighted by Crippen LogP contribution is -2.49. The molecule has 0 aromatic heterocycles. The van der Waals surface area contributed by atoms with Gasteiger partial charge in [-0.25, -0.2) is 13.1 Å². The van der Waals surface area contributed by atoms with E-state index in [0.717, 1.165) is 45.1 Å². The molecule has 1 aliphatic carbocycles. The smallest absolute Gasteiger partial charge is 0.214 e. The summed E-state index contributed by atoms with van der Waals surface area (Å²) in [5.74, 6) is 0. The predicted molar refractivity (Wildman–Crippen MR) is 69.4 cm³/mol. The first kappa shape index (κ1) is 13.3. The molecular weight excluding hydrogens is 236 g/mol. The second-order valence-electron chi connectivity index (χ2n) is 5.72. The Labute approximate surface area is 105 Å². The molecule has 0 bridgehead atoms. The van der Waals surface area contributed by atoms with E-state index >= 15 is 0 Å². The summed E-state index contributed by atoms with van der Waals surface area (Å²) in [5, 5.41) is 3.23. The molecule has 1 heterocycles. The fourth-order valence-corrected chi connectivity index (χ4v) is 4.57. The summed E-state index contributed by atoms with van der Waals surface area (Å²) in [4.78, 5) is 0. The zero-order valence-electron chi connectivity index (χ0n) is 10.7. The van der Waals surface area contributed by atoms with Gasteiger partial charge in [-0.3, -0.25) is 0 Å². The summed E-state index contributed by atoms with van der Waals surface area (Å²) in [6.45, 7) is 3.64. The Bertz CT molecular complexity index is 342. The van der Waals surface area contributed by atoms with E-state index in [0.29, 0.717) is 6.54 Å². The Morgan fingerprint density at radius 3 is 2.53 bits per heavy atom. The van der Waals surface area contributed by atoms with Crippen LogP contribution in [0, 0.1) is 0 Å². The third-order valence-electron chi connectivity index (χ3n) is 4.11. The average molecular weight is 260 g/mol. The number of rotatable bonds is 4. The lowest BCUT2D eigenvalue weighted by molar-refractivity contribution is 0.404. The number of hydrogen-bond donors (Lipinski definition) is 2. The maximum Gasteiger partial charge on any atom is 0.214 e. The van der Waals surface area contributed by atoms with Gasteiger partial charge in [0, 0.05) is 12.1 Å². The van der Waals surface area contributed by atoms with Gasteiger partial charge in [-0.05, 0) is 39.2 Å². The minimum atomic E-state index is -3.10. The van der Waals surface area contributed by atoms with Crippen molar-refractivity contribution in [2.75, 3.05) is 13.1 Å². The second-order valence-corrected chi connectivity index (χ2v) is 7.76. The highest BCUT2D eigenvalue weighted by Crippen LogP contribution is 2.24. The summed E-state index contributed by atoms with van der Waals surface area (Å²) < 4.78 is 27.1. The average Bonchev–Trinajstić information content (AvgIpc) is 2.76. The van der Waals surface area contributed by atoms with Crippen LogP contribution in [0.2, 0.25) is 0 Å². The zero-order chi connectivity index (χ0) is 12.4. The quantitative estimate of drug-likeness (QED) is 0.803. The minimum Gasteiger partial charge on any atom is -0.310 e. The summed E-state index contributed by atoms with van der Waals surface area (Å²) in [5.41, 5.74) is -0.0399. The molecule has 100 valence electrons. The maximum absolute atomic E-state index is 12.1. The van der Waals surface area contributed by atoms with Gasteiger partial charge in [0.25, 0.3) is 0 Å². The van der Waals surface area contributed by atoms with Gasteiger partial charge < -0.3 is 5.32 Å². The van der Waals surface area contributed by atoms with Crippen molar-refractivity contribution in [3.8, 4) is 0 Å². The van der Waals surface area contributed by atoms with Crippen molar-refractivity contribution in [2.24, 2.45) is 0 Å². The van der Waals surface area contributed by atoms with Crippen LogP contribution in [0.25, 0.3) is 0 Å². The Kier molecular flexibility index (Phi) is 4.10. The molecule has 1 unspecified atom stereocenters. The van der Waals surface area contributed by atoms with Crippen LogP contribution in [-0.4, -0.2) is 32.3 Å². The van der Waals surface area contributed by atoms with Crippen LogP contribution in [0.1, 0.15) is 51.9 Å². The number of sulfonamides is 1. The first-order valence-corrected chi connectivity index (χ1v) is 8.30. The molecule has 0 spiro atoms. The van der Waals surface area contributed by atoms with Crippen LogP contribution >= 0.6 is 0 Å². The highest BCUT2D eigenvalue weighted by molar-refractivity contribution is 7.90. The van der Waals surface area contributed by atoms with E-state index in [1.54, 1.807) is 0 Å². The van der Waals surface area contributed by atoms with Crippen molar-refractivity contribution in [1.29, 1.82) is 0 Å². The lowest BCUT2D eigenvalue weighted by atomic mass is 10.0. The lowest BCUT2D eigenvalue weighted by Gasteiger charge is -2.27. The summed E-state index contributed by atoms with van der Waals surface area (Å²) in [7, 11) is -3.10. The predicted octanol–water partition coefficient (Wildman–Crippen LogP) is 1.38. The van der Waals surface area contributed by atoms with Crippen molar-refractivity contribution in [2.45, 2.75) is 62.7 Å². The molecule has 2 fully saturated rings. The first-order valence-electron chi connectivity index (χ1n) is 6.75. The summed E-state index contributed by atoms with van der Waals surface area (Å²) in [6, 6.07) is 0. The van der Waals surface area contributed by atoms with Gasteiger partial charge in [0.1, 0.15) is 0 Å². The van der Waals surface area contributed by atoms with E-state index in [-0.39, 0.29) is 10.8 Å². The van der Waals surface area contributed by atoms with Crippen LogP contribution in [0.4, 0.5) is 0 Å². The van der Waals surface area contributed by atoms with Gasteiger partial charge in [-0.15, -0.1) is 0 Å². The molecule has 1 aliphatic heterocycles. The standard InChI is InChI=1S/C12H24N2O2S/c1-12(8-5-9-13-12)10-14-17(15,16)11-6-3-2-4-7-11/h11,13-14H,2-10H2,1H3. The Morgan fingerprint density at radius 1 is 1.24 bits per heavy atom. The van der Waals surface area contributed by atoms with E-state index in [1.807, 2.05) is 0 Å². The molecular formula is C12H24N2O2S. The molecule has 0 amide bonds. The maximum atomic E-state index is 12.1. The topological polar surface area (TPSA) is 58.2 Å². The highest BCUT2D eigenvalue weighted by atomic mass is 32.2. The molecule has 2 aliphatic rings. The summed E-state index contributed by atoms with van der Waals surface area (Å²) in [6.07, 6.45) is 7.16. The van der Waals surface area contributed by atoms with Crippen molar-refractivity contribution in [3.63, 3.8) is 0 Å². The van der Waals surface area contributed by atoms with Gasteiger partial charge in [0.05, 0.1) is 5.25 Å². The van der Waals surface area contributed by atoms with Crippen LogP contribution in [0.3, 0.4) is 0 Å². The van der Waals surface area contributed by atoms with E-state index in [1.165, 1.54) is 6.42 Å². The van der Waals surface area contributed by atoms with E-state index in [4.69, 9.17) is 0 Å². The van der Waals surface area contributed by atoms with Crippen molar-refractivity contribution < 1.29 is 8.42 Å². The fourth-order valence-electron chi connectivity index (χ4n) is 2.86. The summed E-state index contributed by atoms with van der Waals surface area (Å²) >= 11 is 0. The van der Waals surface area contributed by atoms with Crippen LogP contribution in [0.5, 0.6) is 0 Å². The molecule has 1 saturated carbocycles. The largest absolute Gasteiger partial charge is 0.310 e. The normalized spacial score (nSPS) is 31.8. The molecule has 0 aromatic rings. The highest BCUT2D eigenvalue weighted by Gasteiger charge is 2.32. The molecule has 4 nitrogen and oxygen atoms in total. The number of hydrogen-bond acceptors (Lipinski definition) is 3. The van der Waals surface area contributed by atoms with Crippen molar-refractivity contribution >= 4 is 10.0 Å². The van der Waals surface area contributed by atoms with Crippen molar-refractivity contribution in [3.05, 3.63) is 0 Å². The van der Waals surface area contributed by atoms with Crippen LogP contribution in [-0.2, 0) is 10.0 Å². The van der Waals surface area contributed by atoms with Crippen molar-refractivity contribution in [1.82, 2.24) is 10.0 Å². The van der Waals surface area contributed by atoms with Gasteiger partial charge in [-0.1, -0.05) is 19.3 Å². The molecule has 0 aromatic carbocycles. The minimum absolute atomic E-state index is 0.0399. The molecule has 17 heavy (non-hydrogen) atoms. The first-order chi connectivity index (χ1) is 8.02. The number of nitrogens with one attached hydrogen (secondary N) is 2. The Morgan fingerprint density at radius 2 is 1.94 bits per heavy atom. The van der Waals surface area contributed by atoms with E-state index < -0.39 is 10.0 Å². The SMILES string of the molecule is CC1(CNS(=O)(=O)C2CCCCC2)CCCN1. The molecule has 2 N–H and O–H groups in total. The van der Waals surface area contributed by atoms with Crippen LogP contribution < -0.4 is 10.0 Å². The van der Waals surface area contributed by atoms with E-state index in [2.05, 4.69) is 17.0 Å².